The van der Waals surface area contributed by atoms with E-state index in [2.05, 4.69) is 0 Å². The van der Waals surface area contributed by atoms with Gasteiger partial charge in [-0.3, -0.25) is 0 Å². The Balaban J connectivity index is 2.07. The zero-order valence-corrected chi connectivity index (χ0v) is 10.7. The van der Waals surface area contributed by atoms with Crippen LogP contribution in [0.25, 0.3) is 0 Å². The minimum absolute atomic E-state index is 0.182. The predicted molar refractivity (Wildman–Crippen MR) is 64.5 cm³/mol. The highest BCUT2D eigenvalue weighted by atomic mass is 16.7. The number of carbonyl (C=O) groups excluding carboxylic acids is 1. The summed E-state index contributed by atoms with van der Waals surface area (Å²) in [6, 6.07) is 9.73. The van der Waals surface area contributed by atoms with Crippen molar-refractivity contribution in [3.8, 4) is 0 Å². The fourth-order valence-electron chi connectivity index (χ4n) is 1.76. The lowest BCUT2D eigenvalue weighted by Crippen LogP contribution is -2.32. The largest absolute Gasteiger partial charge is 0.458 e. The molecule has 1 aliphatic rings. The number of carbonyl (C=O) groups is 1. The van der Waals surface area contributed by atoms with Crippen molar-refractivity contribution in [1.29, 1.82) is 0 Å². The molecule has 3 nitrogen and oxygen atoms in total. The van der Waals surface area contributed by atoms with Crippen LogP contribution in [0, 0.1) is 0 Å². The summed E-state index contributed by atoms with van der Waals surface area (Å²) >= 11 is 0. The molecule has 2 rings (SSSR count). The molecule has 1 aromatic carbocycles. The normalized spacial score (nSPS) is 27.6. The first-order valence-electron chi connectivity index (χ1n) is 5.79. The van der Waals surface area contributed by atoms with E-state index in [1.807, 2.05) is 51.1 Å². The van der Waals surface area contributed by atoms with Crippen LogP contribution in [-0.4, -0.2) is 17.2 Å². The Morgan fingerprint density at radius 1 is 1.29 bits per heavy atom. The van der Waals surface area contributed by atoms with Gasteiger partial charge in [0.25, 0.3) is 0 Å². The molecule has 0 saturated carbocycles. The molecule has 92 valence electrons. The van der Waals surface area contributed by atoms with Crippen molar-refractivity contribution in [3.63, 3.8) is 0 Å². The average Bonchev–Trinajstić information content (AvgIpc) is 2.91. The van der Waals surface area contributed by atoms with E-state index in [0.29, 0.717) is 0 Å². The minimum atomic E-state index is -0.825. The molecule has 0 N–H and O–H groups in total. The van der Waals surface area contributed by atoms with Crippen LogP contribution in [0.4, 0.5) is 0 Å². The molecule has 2 atom stereocenters. The van der Waals surface area contributed by atoms with Crippen molar-refractivity contribution in [3.05, 3.63) is 35.9 Å². The number of esters is 1. The molecule has 0 amide bonds. The topological polar surface area (TPSA) is 38.8 Å². The van der Waals surface area contributed by atoms with Crippen LogP contribution in [0.1, 0.15) is 39.4 Å². The van der Waals surface area contributed by atoms with Crippen molar-refractivity contribution in [2.45, 2.75) is 45.0 Å². The molecule has 2 unspecified atom stereocenters. The Morgan fingerprint density at radius 2 is 1.88 bits per heavy atom. The number of benzene rings is 1. The second-order valence-electron chi connectivity index (χ2n) is 5.52. The SMILES string of the molecule is CC(C)(C)OC(=O)C1(C)OC1c1ccccc1. The van der Waals surface area contributed by atoms with Crippen LogP contribution in [0.2, 0.25) is 0 Å². The maximum Gasteiger partial charge on any atom is 0.341 e. The third-order valence-corrected chi connectivity index (χ3v) is 2.71. The molecular formula is C14H18O3. The van der Waals surface area contributed by atoms with E-state index in [-0.39, 0.29) is 12.1 Å². The van der Waals surface area contributed by atoms with E-state index in [1.54, 1.807) is 6.92 Å². The fraction of sp³-hybridized carbons (Fsp3) is 0.500. The van der Waals surface area contributed by atoms with Gasteiger partial charge in [0.1, 0.15) is 11.7 Å². The van der Waals surface area contributed by atoms with E-state index in [4.69, 9.17) is 9.47 Å². The molecule has 17 heavy (non-hydrogen) atoms. The summed E-state index contributed by atoms with van der Waals surface area (Å²) < 4.78 is 10.9. The van der Waals surface area contributed by atoms with Gasteiger partial charge in [0.15, 0.2) is 5.60 Å². The first-order valence-corrected chi connectivity index (χ1v) is 5.79. The van der Waals surface area contributed by atoms with Gasteiger partial charge in [-0.05, 0) is 33.3 Å². The molecule has 0 radical (unpaired) electrons. The van der Waals surface area contributed by atoms with Crippen molar-refractivity contribution in [2.75, 3.05) is 0 Å². The van der Waals surface area contributed by atoms with Gasteiger partial charge in [-0.15, -0.1) is 0 Å². The van der Waals surface area contributed by atoms with Crippen LogP contribution in [0.3, 0.4) is 0 Å². The van der Waals surface area contributed by atoms with Gasteiger partial charge in [0.2, 0.25) is 0 Å². The Labute approximate surface area is 102 Å². The van der Waals surface area contributed by atoms with Gasteiger partial charge in [0.05, 0.1) is 0 Å². The maximum atomic E-state index is 12.0. The van der Waals surface area contributed by atoms with Crippen LogP contribution in [0.15, 0.2) is 30.3 Å². The minimum Gasteiger partial charge on any atom is -0.458 e. The third kappa shape index (κ3) is 2.50. The van der Waals surface area contributed by atoms with Gasteiger partial charge in [-0.25, -0.2) is 4.79 Å². The van der Waals surface area contributed by atoms with Crippen LogP contribution < -0.4 is 0 Å². The fourth-order valence-corrected chi connectivity index (χ4v) is 1.76. The lowest BCUT2D eigenvalue weighted by atomic mass is 10.0. The summed E-state index contributed by atoms with van der Waals surface area (Å²) in [7, 11) is 0. The molecular weight excluding hydrogens is 216 g/mol. The van der Waals surface area contributed by atoms with Crippen LogP contribution in [0.5, 0.6) is 0 Å². The second kappa shape index (κ2) is 3.84. The maximum absolute atomic E-state index is 12.0. The molecule has 1 heterocycles. The second-order valence-corrected chi connectivity index (χ2v) is 5.52. The Bertz CT molecular complexity index is 419. The smallest absolute Gasteiger partial charge is 0.341 e. The summed E-state index contributed by atoms with van der Waals surface area (Å²) in [6.07, 6.45) is -0.182. The molecule has 0 bridgehead atoms. The average molecular weight is 234 g/mol. The molecule has 1 aliphatic heterocycles. The quantitative estimate of drug-likeness (QED) is 0.583. The van der Waals surface area contributed by atoms with Gasteiger partial charge in [-0.1, -0.05) is 30.3 Å². The van der Waals surface area contributed by atoms with Crippen molar-refractivity contribution < 1.29 is 14.3 Å². The van der Waals surface area contributed by atoms with E-state index >= 15 is 0 Å². The summed E-state index contributed by atoms with van der Waals surface area (Å²) in [6.45, 7) is 7.34. The van der Waals surface area contributed by atoms with E-state index in [9.17, 15) is 4.79 Å². The lowest BCUT2D eigenvalue weighted by molar-refractivity contribution is -0.160. The number of ether oxygens (including phenoxy) is 2. The van der Waals surface area contributed by atoms with E-state index in [1.165, 1.54) is 0 Å². The van der Waals surface area contributed by atoms with Crippen LogP contribution >= 0.6 is 0 Å². The molecule has 1 aromatic rings. The monoisotopic (exact) mass is 234 g/mol. The zero-order valence-electron chi connectivity index (χ0n) is 10.7. The first-order chi connectivity index (χ1) is 7.83. The van der Waals surface area contributed by atoms with Crippen molar-refractivity contribution in [2.24, 2.45) is 0 Å². The Hall–Kier alpha value is -1.35. The first kappa shape index (κ1) is 12.1. The molecule has 1 fully saturated rings. The molecule has 0 aliphatic carbocycles. The Kier molecular flexibility index (Phi) is 2.74. The van der Waals surface area contributed by atoms with E-state index in [0.717, 1.165) is 5.56 Å². The van der Waals surface area contributed by atoms with Gasteiger partial charge >= 0.3 is 5.97 Å². The van der Waals surface area contributed by atoms with Crippen molar-refractivity contribution in [1.82, 2.24) is 0 Å². The highest BCUT2D eigenvalue weighted by molar-refractivity contribution is 5.83. The van der Waals surface area contributed by atoms with E-state index < -0.39 is 11.2 Å². The van der Waals surface area contributed by atoms with Gasteiger partial charge in [0, 0.05) is 0 Å². The Morgan fingerprint density at radius 3 is 2.41 bits per heavy atom. The van der Waals surface area contributed by atoms with Crippen molar-refractivity contribution >= 4 is 5.97 Å². The molecule has 0 aromatic heterocycles. The number of hydrogen-bond acceptors (Lipinski definition) is 3. The third-order valence-electron chi connectivity index (χ3n) is 2.71. The number of rotatable bonds is 2. The molecule has 3 heteroatoms. The summed E-state index contributed by atoms with van der Waals surface area (Å²) in [5, 5.41) is 0. The predicted octanol–water partition coefficient (Wildman–Crippen LogP) is 2.86. The number of hydrogen-bond donors (Lipinski definition) is 0. The molecule has 0 spiro atoms. The summed E-state index contributed by atoms with van der Waals surface area (Å²) in [5.74, 6) is -0.293. The lowest BCUT2D eigenvalue weighted by Gasteiger charge is -2.21. The standard InChI is InChI=1S/C14H18O3/c1-13(2,3)17-12(15)14(4)11(16-14)10-8-6-5-7-9-10/h5-9,11H,1-4H3. The number of epoxide rings is 1. The van der Waals surface area contributed by atoms with Gasteiger partial charge < -0.3 is 9.47 Å². The van der Waals surface area contributed by atoms with Gasteiger partial charge in [-0.2, -0.15) is 0 Å². The summed E-state index contributed by atoms with van der Waals surface area (Å²) in [5.41, 5.74) is -0.289. The van der Waals surface area contributed by atoms with Crippen LogP contribution in [-0.2, 0) is 14.3 Å². The highest BCUT2D eigenvalue weighted by Gasteiger charge is 2.61. The highest BCUT2D eigenvalue weighted by Crippen LogP contribution is 2.50. The molecule has 1 saturated heterocycles. The zero-order chi connectivity index (χ0) is 12.7. The summed E-state index contributed by atoms with van der Waals surface area (Å²) in [4.78, 5) is 12.0.